The number of likely N-dealkylation sites (tertiary alicyclic amines) is 1. The van der Waals surface area contributed by atoms with E-state index in [-0.39, 0.29) is 35.8 Å². The fraction of sp³-hybridized carbons (Fsp3) is 0.536. The number of carbonyl (C=O) groups excluding carboxylic acids is 1. The number of benzene rings is 2. The van der Waals surface area contributed by atoms with E-state index in [9.17, 15) is 13.2 Å². The molecule has 37 heavy (non-hydrogen) atoms. The molecule has 0 aromatic heterocycles. The minimum Gasteiger partial charge on any atom is -0.382 e. The van der Waals surface area contributed by atoms with E-state index in [0.717, 1.165) is 29.5 Å². The maximum absolute atomic E-state index is 13.4. The summed E-state index contributed by atoms with van der Waals surface area (Å²) in [6.07, 6.45) is 2.67. The summed E-state index contributed by atoms with van der Waals surface area (Å²) in [5.74, 6) is -0.148. The summed E-state index contributed by atoms with van der Waals surface area (Å²) in [7, 11) is -2.03. The Hall–Kier alpha value is -2.30. The lowest BCUT2D eigenvalue weighted by molar-refractivity contribution is -0.157. The summed E-state index contributed by atoms with van der Waals surface area (Å²) in [5, 5.41) is 0. The molecule has 2 aromatic rings. The standard InChI is InChI=1S/C28H36N2O6S/c1-34-14-15-35-16-17-37(32,33)29-26-24(30(20-28(26)11-12-28)27(31)25-10-13-36-25)19-21-6-5-9-23(18-21)22-7-3-2-4-8-22/h2-9,18,24-26,29H,10-17,19-20H2,1H3/t24-,25+,26+/m0/s1. The highest BCUT2D eigenvalue weighted by molar-refractivity contribution is 7.89. The van der Waals surface area contributed by atoms with Crippen LogP contribution in [0.25, 0.3) is 11.1 Å². The molecule has 1 aliphatic carbocycles. The first-order valence-electron chi connectivity index (χ1n) is 13.0. The number of nitrogens with zero attached hydrogens (tertiary/aromatic N) is 1. The molecule has 0 radical (unpaired) electrons. The Balaban J connectivity index is 1.37. The van der Waals surface area contributed by atoms with Gasteiger partial charge in [-0.2, -0.15) is 0 Å². The fourth-order valence-electron chi connectivity index (χ4n) is 5.48. The maximum Gasteiger partial charge on any atom is 0.252 e. The largest absolute Gasteiger partial charge is 0.382 e. The van der Waals surface area contributed by atoms with E-state index in [1.807, 2.05) is 29.2 Å². The van der Waals surface area contributed by atoms with Gasteiger partial charge in [-0.05, 0) is 36.0 Å². The van der Waals surface area contributed by atoms with Gasteiger partial charge in [0.25, 0.3) is 5.91 Å². The van der Waals surface area contributed by atoms with E-state index in [1.165, 1.54) is 0 Å². The number of carbonyl (C=O) groups is 1. The van der Waals surface area contributed by atoms with Gasteiger partial charge in [-0.15, -0.1) is 0 Å². The van der Waals surface area contributed by atoms with Gasteiger partial charge < -0.3 is 19.1 Å². The van der Waals surface area contributed by atoms with Crippen molar-refractivity contribution in [3.63, 3.8) is 0 Å². The highest BCUT2D eigenvalue weighted by Crippen LogP contribution is 2.55. The second-order valence-electron chi connectivity index (χ2n) is 10.3. The molecule has 1 N–H and O–H groups in total. The van der Waals surface area contributed by atoms with Crippen LogP contribution in [0, 0.1) is 5.41 Å². The third-order valence-corrected chi connectivity index (χ3v) is 9.11. The average molecular weight is 529 g/mol. The van der Waals surface area contributed by atoms with E-state index >= 15 is 0 Å². The van der Waals surface area contributed by atoms with Crippen LogP contribution < -0.4 is 4.72 Å². The molecule has 1 saturated carbocycles. The fourth-order valence-corrected chi connectivity index (χ4v) is 6.73. The first-order chi connectivity index (χ1) is 17.9. The normalized spacial score (nSPS) is 24.2. The second-order valence-corrected chi connectivity index (χ2v) is 12.2. The third kappa shape index (κ3) is 6.07. The Morgan fingerprint density at radius 2 is 1.84 bits per heavy atom. The van der Waals surface area contributed by atoms with Crippen molar-refractivity contribution < 1.29 is 27.4 Å². The van der Waals surface area contributed by atoms with E-state index in [1.54, 1.807) is 7.11 Å². The molecule has 3 fully saturated rings. The Morgan fingerprint density at radius 1 is 1.08 bits per heavy atom. The summed E-state index contributed by atoms with van der Waals surface area (Å²) in [6, 6.07) is 17.8. The van der Waals surface area contributed by atoms with Crippen LogP contribution >= 0.6 is 0 Å². The van der Waals surface area contributed by atoms with Gasteiger partial charge in [0.2, 0.25) is 10.0 Å². The van der Waals surface area contributed by atoms with Gasteiger partial charge in [0.15, 0.2) is 0 Å². The molecule has 2 heterocycles. The Kier molecular flexibility index (Phi) is 7.97. The van der Waals surface area contributed by atoms with Gasteiger partial charge >= 0.3 is 0 Å². The van der Waals surface area contributed by atoms with E-state index < -0.39 is 16.1 Å². The van der Waals surface area contributed by atoms with Crippen LogP contribution in [0.3, 0.4) is 0 Å². The van der Waals surface area contributed by atoms with Crippen molar-refractivity contribution in [3.8, 4) is 11.1 Å². The van der Waals surface area contributed by atoms with Gasteiger partial charge in [-0.3, -0.25) is 4.79 Å². The van der Waals surface area contributed by atoms with Crippen molar-refractivity contribution in [2.75, 3.05) is 45.8 Å². The lowest BCUT2D eigenvalue weighted by Gasteiger charge is -2.34. The molecule has 2 aromatic carbocycles. The highest BCUT2D eigenvalue weighted by Gasteiger charge is 2.61. The smallest absolute Gasteiger partial charge is 0.252 e. The number of methoxy groups -OCH3 is 1. The molecule has 0 bridgehead atoms. The quantitative estimate of drug-likeness (QED) is 0.426. The van der Waals surface area contributed by atoms with Gasteiger partial charge in [0.1, 0.15) is 6.10 Å². The molecular formula is C28H36N2O6S. The van der Waals surface area contributed by atoms with Crippen LogP contribution in [0.15, 0.2) is 54.6 Å². The summed E-state index contributed by atoms with van der Waals surface area (Å²) in [6.45, 7) is 2.03. The van der Waals surface area contributed by atoms with Crippen molar-refractivity contribution in [1.82, 2.24) is 9.62 Å². The van der Waals surface area contributed by atoms with Crippen LogP contribution in [-0.2, 0) is 35.4 Å². The van der Waals surface area contributed by atoms with Crippen molar-refractivity contribution in [3.05, 3.63) is 60.2 Å². The summed E-state index contributed by atoms with van der Waals surface area (Å²) < 4.78 is 45.1. The molecule has 3 atom stereocenters. The second kappa shape index (κ2) is 11.2. The molecule has 3 aliphatic rings. The molecule has 1 amide bonds. The van der Waals surface area contributed by atoms with Crippen LogP contribution in [0.4, 0.5) is 0 Å². The minimum atomic E-state index is -3.61. The van der Waals surface area contributed by atoms with Crippen molar-refractivity contribution >= 4 is 15.9 Å². The maximum atomic E-state index is 13.4. The Bertz CT molecular complexity index is 1180. The molecule has 2 saturated heterocycles. The lowest BCUT2D eigenvalue weighted by Crippen LogP contribution is -2.53. The number of ether oxygens (including phenoxy) is 3. The van der Waals surface area contributed by atoms with Crippen LogP contribution in [0.2, 0.25) is 0 Å². The van der Waals surface area contributed by atoms with Gasteiger partial charge in [0.05, 0.1) is 38.2 Å². The van der Waals surface area contributed by atoms with Crippen molar-refractivity contribution in [1.29, 1.82) is 0 Å². The van der Waals surface area contributed by atoms with Crippen LogP contribution in [-0.4, -0.2) is 83.2 Å². The SMILES string of the molecule is COCCOCCS(=O)(=O)N[C@@H]1[C@H](Cc2cccc(-c3ccccc3)c2)N(C(=O)[C@H]2CCO2)CC12CC2. The topological polar surface area (TPSA) is 94.2 Å². The molecule has 9 heteroatoms. The van der Waals surface area contributed by atoms with Crippen LogP contribution in [0.5, 0.6) is 0 Å². The molecule has 0 unspecified atom stereocenters. The minimum absolute atomic E-state index is 0.0219. The zero-order valence-corrected chi connectivity index (χ0v) is 22.1. The zero-order valence-electron chi connectivity index (χ0n) is 21.3. The molecule has 1 spiro atoms. The highest BCUT2D eigenvalue weighted by atomic mass is 32.2. The Morgan fingerprint density at radius 3 is 2.51 bits per heavy atom. The summed E-state index contributed by atoms with van der Waals surface area (Å²) in [5.41, 5.74) is 3.08. The number of hydrogen-bond donors (Lipinski definition) is 1. The van der Waals surface area contributed by atoms with Gasteiger partial charge in [0, 0.05) is 31.5 Å². The van der Waals surface area contributed by atoms with E-state index in [2.05, 4.69) is 35.1 Å². The first kappa shape index (κ1) is 26.3. The predicted octanol–water partition coefficient (Wildman–Crippen LogP) is 2.63. The number of amides is 1. The zero-order chi connectivity index (χ0) is 25.9. The van der Waals surface area contributed by atoms with E-state index in [0.29, 0.717) is 39.2 Å². The van der Waals surface area contributed by atoms with E-state index in [4.69, 9.17) is 14.2 Å². The molecule has 2 aliphatic heterocycles. The number of hydrogen-bond acceptors (Lipinski definition) is 6. The molecule has 8 nitrogen and oxygen atoms in total. The molecule has 5 rings (SSSR count). The lowest BCUT2D eigenvalue weighted by atomic mass is 9.91. The van der Waals surface area contributed by atoms with Gasteiger partial charge in [-0.25, -0.2) is 13.1 Å². The van der Waals surface area contributed by atoms with Crippen molar-refractivity contribution in [2.24, 2.45) is 5.41 Å². The number of rotatable bonds is 12. The first-order valence-corrected chi connectivity index (χ1v) is 14.7. The number of nitrogens with one attached hydrogen (secondary N) is 1. The number of sulfonamides is 1. The monoisotopic (exact) mass is 528 g/mol. The summed E-state index contributed by atoms with van der Waals surface area (Å²) in [4.78, 5) is 15.3. The third-order valence-electron chi connectivity index (χ3n) is 7.79. The van der Waals surface area contributed by atoms with Crippen molar-refractivity contribution in [2.45, 2.75) is 43.9 Å². The predicted molar refractivity (Wildman–Crippen MR) is 141 cm³/mol. The van der Waals surface area contributed by atoms with Gasteiger partial charge in [-0.1, -0.05) is 54.6 Å². The van der Waals surface area contributed by atoms with Crippen LogP contribution in [0.1, 0.15) is 24.8 Å². The molecule has 200 valence electrons. The summed E-state index contributed by atoms with van der Waals surface area (Å²) >= 11 is 0. The molecular weight excluding hydrogens is 492 g/mol. The Labute approximate surface area is 219 Å². The average Bonchev–Trinajstić information content (AvgIpc) is 3.59.